The van der Waals surface area contributed by atoms with Gasteiger partial charge in [0.2, 0.25) is 0 Å². The third-order valence-corrected chi connectivity index (χ3v) is 3.75. The number of hydrogen-bond donors (Lipinski definition) is 1. The minimum atomic E-state index is -0.725. The Hall–Kier alpha value is -1.75. The van der Waals surface area contributed by atoms with E-state index in [2.05, 4.69) is 15.9 Å². The first-order valence-corrected chi connectivity index (χ1v) is 6.95. The van der Waals surface area contributed by atoms with Crippen LogP contribution in [0, 0.1) is 5.92 Å². The van der Waals surface area contributed by atoms with E-state index >= 15 is 0 Å². The number of benzene rings is 1. The SMILES string of the molecule is COc1ccccc1N1CCN(CC(C)C(=O)O)CC1. The molecule has 2 rings (SSSR count). The van der Waals surface area contributed by atoms with Gasteiger partial charge in [-0.25, -0.2) is 0 Å². The van der Waals surface area contributed by atoms with Crippen molar-refractivity contribution in [2.24, 2.45) is 5.92 Å². The summed E-state index contributed by atoms with van der Waals surface area (Å²) in [6.07, 6.45) is 0. The average Bonchev–Trinajstić information content (AvgIpc) is 2.48. The van der Waals surface area contributed by atoms with E-state index in [4.69, 9.17) is 9.84 Å². The number of carboxylic acids is 1. The zero-order chi connectivity index (χ0) is 14.5. The molecule has 5 heteroatoms. The number of carboxylic acid groups (broad SMARTS) is 1. The van der Waals surface area contributed by atoms with Crippen molar-refractivity contribution in [1.82, 2.24) is 4.90 Å². The predicted molar refractivity (Wildman–Crippen MR) is 78.4 cm³/mol. The summed E-state index contributed by atoms with van der Waals surface area (Å²) in [5, 5.41) is 8.96. The number of aliphatic carboxylic acids is 1. The minimum absolute atomic E-state index is 0.312. The van der Waals surface area contributed by atoms with Gasteiger partial charge in [0, 0.05) is 32.7 Å². The molecule has 1 heterocycles. The lowest BCUT2D eigenvalue weighted by Crippen LogP contribution is -2.48. The minimum Gasteiger partial charge on any atom is -0.495 e. The maximum Gasteiger partial charge on any atom is 0.307 e. The highest BCUT2D eigenvalue weighted by Gasteiger charge is 2.22. The van der Waals surface area contributed by atoms with Gasteiger partial charge in [-0.05, 0) is 12.1 Å². The van der Waals surface area contributed by atoms with Crippen LogP contribution in [0.15, 0.2) is 24.3 Å². The monoisotopic (exact) mass is 278 g/mol. The van der Waals surface area contributed by atoms with Crippen molar-refractivity contribution < 1.29 is 14.6 Å². The second kappa shape index (κ2) is 6.61. The molecule has 0 saturated carbocycles. The van der Waals surface area contributed by atoms with Crippen molar-refractivity contribution in [2.45, 2.75) is 6.92 Å². The van der Waals surface area contributed by atoms with Crippen LogP contribution in [-0.4, -0.2) is 55.8 Å². The van der Waals surface area contributed by atoms with E-state index in [0.29, 0.717) is 6.54 Å². The van der Waals surface area contributed by atoms with Crippen LogP contribution in [0.1, 0.15) is 6.92 Å². The summed E-state index contributed by atoms with van der Waals surface area (Å²) in [6, 6.07) is 8.01. The number of nitrogens with zero attached hydrogens (tertiary/aromatic N) is 2. The van der Waals surface area contributed by atoms with Gasteiger partial charge in [-0.1, -0.05) is 19.1 Å². The Morgan fingerprint density at radius 2 is 1.95 bits per heavy atom. The van der Waals surface area contributed by atoms with Crippen LogP contribution >= 0.6 is 0 Å². The van der Waals surface area contributed by atoms with E-state index in [1.54, 1.807) is 14.0 Å². The molecule has 1 unspecified atom stereocenters. The summed E-state index contributed by atoms with van der Waals surface area (Å²) in [5.74, 6) is -0.148. The van der Waals surface area contributed by atoms with Crippen LogP contribution in [0.25, 0.3) is 0 Å². The lowest BCUT2D eigenvalue weighted by Gasteiger charge is -2.37. The first-order valence-electron chi connectivity index (χ1n) is 6.95. The van der Waals surface area contributed by atoms with E-state index in [1.807, 2.05) is 18.2 Å². The van der Waals surface area contributed by atoms with Gasteiger partial charge in [0.05, 0.1) is 18.7 Å². The predicted octanol–water partition coefficient (Wildman–Crippen LogP) is 1.54. The van der Waals surface area contributed by atoms with Crippen LogP contribution in [0.3, 0.4) is 0 Å². The van der Waals surface area contributed by atoms with Gasteiger partial charge in [0.1, 0.15) is 5.75 Å². The molecule has 5 nitrogen and oxygen atoms in total. The number of hydrogen-bond acceptors (Lipinski definition) is 4. The normalized spacial score (nSPS) is 17.8. The van der Waals surface area contributed by atoms with Crippen molar-refractivity contribution in [1.29, 1.82) is 0 Å². The van der Waals surface area contributed by atoms with Gasteiger partial charge in [-0.3, -0.25) is 9.69 Å². The summed E-state index contributed by atoms with van der Waals surface area (Å²) in [4.78, 5) is 15.4. The largest absolute Gasteiger partial charge is 0.495 e. The van der Waals surface area contributed by atoms with Crippen LogP contribution in [-0.2, 0) is 4.79 Å². The topological polar surface area (TPSA) is 53.0 Å². The average molecular weight is 278 g/mol. The zero-order valence-corrected chi connectivity index (χ0v) is 12.1. The fourth-order valence-corrected chi connectivity index (χ4v) is 2.53. The molecule has 0 aromatic heterocycles. The Labute approximate surface area is 119 Å². The molecular weight excluding hydrogens is 256 g/mol. The summed E-state index contributed by atoms with van der Waals surface area (Å²) in [7, 11) is 1.68. The molecule has 20 heavy (non-hydrogen) atoms. The first kappa shape index (κ1) is 14.7. The highest BCUT2D eigenvalue weighted by Crippen LogP contribution is 2.28. The van der Waals surface area contributed by atoms with E-state index in [-0.39, 0.29) is 5.92 Å². The molecule has 1 atom stereocenters. The number of ether oxygens (including phenoxy) is 1. The molecule has 1 aliphatic heterocycles. The molecule has 1 aliphatic rings. The van der Waals surface area contributed by atoms with Crippen molar-refractivity contribution in [2.75, 3.05) is 44.7 Å². The summed E-state index contributed by atoms with van der Waals surface area (Å²) in [5.41, 5.74) is 1.11. The molecule has 1 aromatic carbocycles. The fourth-order valence-electron chi connectivity index (χ4n) is 2.53. The Kier molecular flexibility index (Phi) is 4.84. The molecular formula is C15H22N2O3. The number of carbonyl (C=O) groups is 1. The Morgan fingerprint density at radius 1 is 1.30 bits per heavy atom. The first-order chi connectivity index (χ1) is 9.61. The summed E-state index contributed by atoms with van der Waals surface area (Å²) < 4.78 is 5.39. The van der Waals surface area contributed by atoms with Crippen LogP contribution < -0.4 is 9.64 Å². The molecule has 1 saturated heterocycles. The van der Waals surface area contributed by atoms with Gasteiger partial charge in [-0.2, -0.15) is 0 Å². The summed E-state index contributed by atoms with van der Waals surface area (Å²) >= 11 is 0. The van der Waals surface area contributed by atoms with Crippen molar-refractivity contribution >= 4 is 11.7 Å². The second-order valence-corrected chi connectivity index (χ2v) is 5.20. The Balaban J connectivity index is 1.92. The number of piperazine rings is 1. The number of anilines is 1. The van der Waals surface area contributed by atoms with Gasteiger partial charge in [0.15, 0.2) is 0 Å². The molecule has 0 aliphatic carbocycles. The Morgan fingerprint density at radius 3 is 2.55 bits per heavy atom. The van der Waals surface area contributed by atoms with Crippen LogP contribution in [0.5, 0.6) is 5.75 Å². The second-order valence-electron chi connectivity index (χ2n) is 5.20. The summed E-state index contributed by atoms with van der Waals surface area (Å²) in [6.45, 7) is 5.94. The lowest BCUT2D eigenvalue weighted by atomic mass is 10.1. The van der Waals surface area contributed by atoms with Gasteiger partial charge < -0.3 is 14.7 Å². The lowest BCUT2D eigenvalue weighted by molar-refractivity contribution is -0.141. The Bertz CT molecular complexity index is 456. The third kappa shape index (κ3) is 3.42. The quantitative estimate of drug-likeness (QED) is 0.885. The molecule has 0 radical (unpaired) electrons. The third-order valence-electron chi connectivity index (χ3n) is 3.75. The maximum absolute atomic E-state index is 10.9. The highest BCUT2D eigenvalue weighted by molar-refractivity contribution is 5.69. The van der Waals surface area contributed by atoms with Crippen molar-refractivity contribution in [3.63, 3.8) is 0 Å². The molecule has 1 fully saturated rings. The van der Waals surface area contributed by atoms with E-state index in [1.165, 1.54) is 0 Å². The van der Waals surface area contributed by atoms with E-state index in [0.717, 1.165) is 37.6 Å². The number of rotatable bonds is 5. The number of methoxy groups -OCH3 is 1. The molecule has 1 N–H and O–H groups in total. The van der Waals surface area contributed by atoms with Crippen molar-refractivity contribution in [3.8, 4) is 5.75 Å². The van der Waals surface area contributed by atoms with Gasteiger partial charge in [0.25, 0.3) is 0 Å². The zero-order valence-electron chi connectivity index (χ0n) is 12.1. The molecule has 0 amide bonds. The van der Waals surface area contributed by atoms with Gasteiger partial charge in [-0.15, -0.1) is 0 Å². The molecule has 0 spiro atoms. The smallest absolute Gasteiger partial charge is 0.307 e. The van der Waals surface area contributed by atoms with E-state index < -0.39 is 5.97 Å². The van der Waals surface area contributed by atoms with Crippen LogP contribution in [0.2, 0.25) is 0 Å². The fraction of sp³-hybridized carbons (Fsp3) is 0.533. The van der Waals surface area contributed by atoms with Gasteiger partial charge >= 0.3 is 5.97 Å². The standard InChI is InChI=1S/C15H22N2O3/c1-12(15(18)19)11-16-7-9-17(10-8-16)13-5-3-4-6-14(13)20-2/h3-6,12H,7-11H2,1-2H3,(H,18,19). The van der Waals surface area contributed by atoms with Crippen molar-refractivity contribution in [3.05, 3.63) is 24.3 Å². The highest BCUT2D eigenvalue weighted by atomic mass is 16.5. The molecule has 110 valence electrons. The molecule has 0 bridgehead atoms. The number of para-hydroxylation sites is 2. The maximum atomic E-state index is 10.9. The van der Waals surface area contributed by atoms with Crippen LogP contribution in [0.4, 0.5) is 5.69 Å². The molecule has 1 aromatic rings. The van der Waals surface area contributed by atoms with E-state index in [9.17, 15) is 4.79 Å².